The molecule has 0 bridgehead atoms. The maximum absolute atomic E-state index is 13.0. The molecule has 3 aromatic carbocycles. The average Bonchev–Trinajstić information content (AvgIpc) is 2.59. The lowest BCUT2D eigenvalue weighted by molar-refractivity contribution is 0.485. The Labute approximate surface area is 160 Å². The fourth-order valence-electron chi connectivity index (χ4n) is 2.13. The maximum atomic E-state index is 13.0. The number of nitrogens with one attached hydrogen (secondary N) is 1. The van der Waals surface area contributed by atoms with Gasteiger partial charge in [0.05, 0.1) is 15.6 Å². The summed E-state index contributed by atoms with van der Waals surface area (Å²) in [7, 11) is -3.91. The molecule has 0 saturated heterocycles. The topological polar surface area (TPSA) is 55.4 Å². The van der Waals surface area contributed by atoms with Crippen LogP contribution in [-0.2, 0) is 10.0 Å². The van der Waals surface area contributed by atoms with Gasteiger partial charge in [0.1, 0.15) is 11.6 Å². The van der Waals surface area contributed by atoms with Crippen LogP contribution in [0, 0.1) is 5.82 Å². The first-order valence-electron chi connectivity index (χ1n) is 7.35. The Kier molecular flexibility index (Phi) is 5.36. The molecule has 0 radical (unpaired) electrons. The van der Waals surface area contributed by atoms with Crippen LogP contribution in [0.2, 0.25) is 10.0 Å². The number of anilines is 1. The molecule has 134 valence electrons. The van der Waals surface area contributed by atoms with Gasteiger partial charge in [-0.2, -0.15) is 0 Å². The van der Waals surface area contributed by atoms with Gasteiger partial charge in [0.15, 0.2) is 5.75 Å². The molecule has 0 heterocycles. The third-order valence-corrected chi connectivity index (χ3v) is 5.28. The summed E-state index contributed by atoms with van der Waals surface area (Å²) in [6.07, 6.45) is 0. The molecule has 0 fully saturated rings. The van der Waals surface area contributed by atoms with E-state index in [9.17, 15) is 12.8 Å². The summed E-state index contributed by atoms with van der Waals surface area (Å²) in [5.41, 5.74) is 0.211. The van der Waals surface area contributed by atoms with Crippen LogP contribution >= 0.6 is 23.2 Å². The average molecular weight is 412 g/mol. The van der Waals surface area contributed by atoms with Crippen LogP contribution in [0.15, 0.2) is 71.6 Å². The molecular formula is C18H12Cl2FNO3S. The molecule has 0 saturated carbocycles. The van der Waals surface area contributed by atoms with Crippen LogP contribution in [0.1, 0.15) is 0 Å². The number of halogens is 3. The summed E-state index contributed by atoms with van der Waals surface area (Å²) in [5.74, 6) is 0.0527. The van der Waals surface area contributed by atoms with E-state index in [0.717, 1.165) is 12.1 Å². The molecule has 0 aliphatic carbocycles. The second kappa shape index (κ2) is 7.53. The highest BCUT2D eigenvalue weighted by Gasteiger charge is 2.17. The monoisotopic (exact) mass is 411 g/mol. The highest BCUT2D eigenvalue weighted by atomic mass is 35.5. The van der Waals surface area contributed by atoms with Crippen molar-refractivity contribution in [1.29, 1.82) is 0 Å². The Morgan fingerprint density at radius 2 is 1.58 bits per heavy atom. The number of hydrogen-bond acceptors (Lipinski definition) is 3. The zero-order valence-electron chi connectivity index (χ0n) is 13.1. The number of hydrogen-bond donors (Lipinski definition) is 1. The van der Waals surface area contributed by atoms with E-state index in [0.29, 0.717) is 10.8 Å². The summed E-state index contributed by atoms with van der Waals surface area (Å²) >= 11 is 12.0. The first kappa shape index (κ1) is 18.5. The van der Waals surface area contributed by atoms with E-state index in [2.05, 4.69) is 4.72 Å². The van der Waals surface area contributed by atoms with Crippen LogP contribution in [-0.4, -0.2) is 8.42 Å². The zero-order valence-corrected chi connectivity index (χ0v) is 15.4. The van der Waals surface area contributed by atoms with E-state index in [4.69, 9.17) is 27.9 Å². The first-order chi connectivity index (χ1) is 12.3. The summed E-state index contributed by atoms with van der Waals surface area (Å²) in [4.78, 5) is -0.0711. The third-order valence-electron chi connectivity index (χ3n) is 3.37. The van der Waals surface area contributed by atoms with Crippen molar-refractivity contribution in [2.75, 3.05) is 4.72 Å². The molecule has 8 heteroatoms. The molecule has 0 aromatic heterocycles. The second-order valence-corrected chi connectivity index (χ2v) is 7.76. The van der Waals surface area contributed by atoms with Crippen LogP contribution in [0.25, 0.3) is 0 Å². The van der Waals surface area contributed by atoms with Gasteiger partial charge in [0.2, 0.25) is 0 Å². The van der Waals surface area contributed by atoms with Gasteiger partial charge in [-0.05, 0) is 54.6 Å². The van der Waals surface area contributed by atoms with Crippen molar-refractivity contribution in [3.63, 3.8) is 0 Å². The Hall–Kier alpha value is -2.28. The van der Waals surface area contributed by atoms with Gasteiger partial charge in [-0.25, -0.2) is 12.8 Å². The number of ether oxygens (including phenoxy) is 1. The molecule has 0 amide bonds. The molecule has 0 spiro atoms. The summed E-state index contributed by atoms with van der Waals surface area (Å²) in [6.45, 7) is 0. The van der Waals surface area contributed by atoms with Crippen LogP contribution in [0.5, 0.6) is 11.5 Å². The normalized spacial score (nSPS) is 11.2. The predicted octanol–water partition coefficient (Wildman–Crippen LogP) is 5.73. The van der Waals surface area contributed by atoms with Gasteiger partial charge < -0.3 is 4.74 Å². The molecule has 0 atom stereocenters. The zero-order chi connectivity index (χ0) is 18.7. The Morgan fingerprint density at radius 3 is 2.27 bits per heavy atom. The minimum absolute atomic E-state index is 0.0711. The summed E-state index contributed by atoms with van der Waals surface area (Å²) in [5, 5.41) is 0.737. The Morgan fingerprint density at radius 1 is 0.885 bits per heavy atom. The highest BCUT2D eigenvalue weighted by molar-refractivity contribution is 7.92. The van der Waals surface area contributed by atoms with Gasteiger partial charge in [0, 0.05) is 5.02 Å². The van der Waals surface area contributed by atoms with E-state index in [1.54, 1.807) is 36.4 Å². The molecule has 4 nitrogen and oxygen atoms in total. The van der Waals surface area contributed by atoms with Crippen molar-refractivity contribution in [2.45, 2.75) is 4.90 Å². The minimum Gasteiger partial charge on any atom is -0.454 e. The fraction of sp³-hybridized carbons (Fsp3) is 0. The summed E-state index contributed by atoms with van der Waals surface area (Å²) in [6, 6.07) is 15.7. The number of sulfonamides is 1. The lowest BCUT2D eigenvalue weighted by Crippen LogP contribution is -2.13. The maximum Gasteiger partial charge on any atom is 0.262 e. The molecule has 0 unspecified atom stereocenters. The predicted molar refractivity (Wildman–Crippen MR) is 100 cm³/mol. The van der Waals surface area contributed by atoms with E-state index in [1.807, 2.05) is 0 Å². The van der Waals surface area contributed by atoms with Crippen molar-refractivity contribution >= 4 is 38.9 Å². The molecule has 26 heavy (non-hydrogen) atoms. The quantitative estimate of drug-likeness (QED) is 0.583. The Balaban J connectivity index is 1.91. The van der Waals surface area contributed by atoms with E-state index in [-0.39, 0.29) is 21.4 Å². The van der Waals surface area contributed by atoms with Gasteiger partial charge in [-0.3, -0.25) is 4.72 Å². The molecule has 3 rings (SSSR count). The smallest absolute Gasteiger partial charge is 0.262 e. The van der Waals surface area contributed by atoms with Crippen molar-refractivity contribution in [1.82, 2.24) is 0 Å². The third kappa shape index (κ3) is 4.27. The minimum atomic E-state index is -3.91. The lowest BCUT2D eigenvalue weighted by atomic mass is 10.3. The molecule has 0 aliphatic rings. The van der Waals surface area contributed by atoms with Crippen molar-refractivity contribution in [3.8, 4) is 11.5 Å². The highest BCUT2D eigenvalue weighted by Crippen LogP contribution is 2.35. The van der Waals surface area contributed by atoms with Gasteiger partial charge >= 0.3 is 0 Å². The molecule has 3 aromatic rings. The Bertz CT molecular complexity index is 1040. The van der Waals surface area contributed by atoms with Crippen LogP contribution in [0.4, 0.5) is 10.1 Å². The van der Waals surface area contributed by atoms with Crippen LogP contribution < -0.4 is 9.46 Å². The largest absolute Gasteiger partial charge is 0.454 e. The first-order valence-corrected chi connectivity index (χ1v) is 9.59. The molecule has 0 aliphatic heterocycles. The van der Waals surface area contributed by atoms with E-state index in [1.165, 1.54) is 18.2 Å². The van der Waals surface area contributed by atoms with Crippen molar-refractivity contribution in [2.24, 2.45) is 0 Å². The molecular weight excluding hydrogens is 400 g/mol. The second-order valence-electron chi connectivity index (χ2n) is 5.23. The number of benzene rings is 3. The lowest BCUT2D eigenvalue weighted by Gasteiger charge is -2.14. The summed E-state index contributed by atoms with van der Waals surface area (Å²) < 4.78 is 46.2. The van der Waals surface area contributed by atoms with E-state index >= 15 is 0 Å². The number of para-hydroxylation sites is 2. The molecule has 1 N–H and O–H groups in total. The SMILES string of the molecule is O=S(=O)(Nc1ccccc1Oc1ccc(Cl)cc1Cl)c1ccc(F)cc1. The van der Waals surface area contributed by atoms with Crippen molar-refractivity contribution < 1.29 is 17.5 Å². The van der Waals surface area contributed by atoms with Gasteiger partial charge in [-0.1, -0.05) is 35.3 Å². The fourth-order valence-corrected chi connectivity index (χ4v) is 3.65. The van der Waals surface area contributed by atoms with E-state index < -0.39 is 15.8 Å². The van der Waals surface area contributed by atoms with Crippen molar-refractivity contribution in [3.05, 3.63) is 82.6 Å². The standard InChI is InChI=1S/C18H12Cl2FNO3S/c19-12-5-10-17(15(20)11-12)25-18-4-2-1-3-16(18)22-26(23,24)14-8-6-13(21)7-9-14/h1-11,22H. The van der Waals surface area contributed by atoms with Gasteiger partial charge in [0.25, 0.3) is 10.0 Å². The van der Waals surface area contributed by atoms with Crippen LogP contribution in [0.3, 0.4) is 0 Å². The van der Waals surface area contributed by atoms with Gasteiger partial charge in [-0.15, -0.1) is 0 Å². The number of rotatable bonds is 5.